The lowest BCUT2D eigenvalue weighted by atomic mass is 10.0. The number of aryl methyl sites for hydroxylation is 1. The van der Waals surface area contributed by atoms with Crippen molar-refractivity contribution >= 4 is 17.4 Å². The van der Waals surface area contributed by atoms with E-state index in [1.54, 1.807) is 0 Å². The number of rotatable bonds is 9. The molecule has 0 spiro atoms. The van der Waals surface area contributed by atoms with Gasteiger partial charge in [-0.3, -0.25) is 9.59 Å². The summed E-state index contributed by atoms with van der Waals surface area (Å²) in [5, 5.41) is 41.0. The molecule has 0 fully saturated rings. The van der Waals surface area contributed by atoms with Crippen LogP contribution in [-0.2, 0) is 15.9 Å². The summed E-state index contributed by atoms with van der Waals surface area (Å²) >= 11 is 0. The average Bonchev–Trinajstić information content (AvgIpc) is 3.04. The third-order valence-electron chi connectivity index (χ3n) is 4.08. The normalized spacial score (nSPS) is 12.2. The molecule has 1 unspecified atom stereocenters. The van der Waals surface area contributed by atoms with Gasteiger partial charge in [0.2, 0.25) is 11.7 Å². The van der Waals surface area contributed by atoms with Crippen LogP contribution in [0.15, 0.2) is 19.5 Å². The summed E-state index contributed by atoms with van der Waals surface area (Å²) in [6.45, 7) is 1.17. The first kappa shape index (κ1) is 22.7. The van der Waals surface area contributed by atoms with E-state index in [1.807, 2.05) is 6.07 Å². The van der Waals surface area contributed by atoms with Crippen LogP contribution < -0.4 is 11.3 Å². The van der Waals surface area contributed by atoms with Gasteiger partial charge in [0.15, 0.2) is 17.7 Å². The van der Waals surface area contributed by atoms with Crippen LogP contribution in [0.4, 0.5) is 11.5 Å². The molecule has 2 aromatic heterocycles. The van der Waals surface area contributed by atoms with Crippen LogP contribution in [0.3, 0.4) is 0 Å². The molecule has 0 aliphatic carbocycles. The lowest BCUT2D eigenvalue weighted by Crippen LogP contribution is -2.31. The van der Waals surface area contributed by atoms with Crippen molar-refractivity contribution in [3.8, 4) is 11.9 Å². The largest absolute Gasteiger partial charge is 0.494 e. The van der Waals surface area contributed by atoms with E-state index in [2.05, 4.69) is 15.4 Å². The number of pyridine rings is 1. The Labute approximate surface area is 169 Å². The topological polar surface area (TPSA) is 199 Å². The number of primary amides is 1. The van der Waals surface area contributed by atoms with Gasteiger partial charge in [-0.25, -0.2) is 4.57 Å². The van der Waals surface area contributed by atoms with Crippen LogP contribution in [0.25, 0.3) is 0 Å². The number of nitriles is 1. The van der Waals surface area contributed by atoms with Crippen molar-refractivity contribution in [2.45, 2.75) is 19.6 Å². The Balaban J connectivity index is 2.80. The van der Waals surface area contributed by atoms with Gasteiger partial charge < -0.3 is 29.9 Å². The molecule has 1 amide bonds. The molecule has 2 aromatic rings. The predicted molar refractivity (Wildman–Crippen MR) is 99.7 cm³/mol. The average molecular weight is 420 g/mol. The van der Waals surface area contributed by atoms with Gasteiger partial charge in [-0.2, -0.15) is 5.26 Å². The number of carbonyl (C=O) groups is 1. The van der Waals surface area contributed by atoms with E-state index in [4.69, 9.17) is 25.0 Å². The fourth-order valence-electron chi connectivity index (χ4n) is 2.68. The number of amides is 1. The Hall–Kier alpha value is -3.60. The van der Waals surface area contributed by atoms with Crippen LogP contribution in [0.1, 0.15) is 33.5 Å². The molecule has 13 nitrogen and oxygen atoms in total. The number of methoxy groups -OCH3 is 2. The second-order valence-corrected chi connectivity index (χ2v) is 5.99. The number of hydrogen-bond donors (Lipinski definition) is 3. The first-order chi connectivity index (χ1) is 14.3. The monoisotopic (exact) mass is 420 g/mol. The number of aliphatic hydroxyl groups excluding tert-OH is 1. The summed E-state index contributed by atoms with van der Waals surface area (Å²) < 4.78 is 15.2. The van der Waals surface area contributed by atoms with E-state index in [1.165, 1.54) is 21.1 Å². The van der Waals surface area contributed by atoms with E-state index >= 15 is 0 Å². The lowest BCUT2D eigenvalue weighted by molar-refractivity contribution is 0.00975. The molecule has 13 heteroatoms. The van der Waals surface area contributed by atoms with E-state index < -0.39 is 34.8 Å². The third kappa shape index (κ3) is 4.35. The summed E-state index contributed by atoms with van der Waals surface area (Å²) in [5.41, 5.74) is 3.54. The fraction of sp³-hybridized carbons (Fsp3) is 0.412. The van der Waals surface area contributed by atoms with Gasteiger partial charge in [-0.05, 0) is 13.3 Å². The number of aromatic nitrogens is 2. The second-order valence-electron chi connectivity index (χ2n) is 5.99. The Kier molecular flexibility index (Phi) is 7.37. The van der Waals surface area contributed by atoms with Crippen molar-refractivity contribution in [1.29, 1.82) is 5.26 Å². The molecule has 4 N–H and O–H groups in total. The van der Waals surface area contributed by atoms with Crippen molar-refractivity contribution in [2.24, 2.45) is 16.0 Å². The second kappa shape index (κ2) is 9.74. The molecule has 0 aliphatic rings. The molecular weight excluding hydrogens is 400 g/mol. The molecular formula is C17H20N6O7. The minimum Gasteiger partial charge on any atom is -0.494 e. The maximum atomic E-state index is 13.0. The van der Waals surface area contributed by atoms with Gasteiger partial charge in [0.1, 0.15) is 17.2 Å². The van der Waals surface area contributed by atoms with Crippen LogP contribution in [0.5, 0.6) is 5.88 Å². The highest BCUT2D eigenvalue weighted by Gasteiger charge is 2.28. The highest BCUT2D eigenvalue weighted by atomic mass is 16.5. The van der Waals surface area contributed by atoms with Crippen LogP contribution in [0, 0.1) is 18.3 Å². The molecule has 1 atom stereocenters. The van der Waals surface area contributed by atoms with Gasteiger partial charge in [0, 0.05) is 19.8 Å². The first-order valence-corrected chi connectivity index (χ1v) is 8.52. The minimum absolute atomic E-state index is 0.00541. The number of nitrogens with two attached hydrogens (primary N) is 1. The fourth-order valence-corrected chi connectivity index (χ4v) is 2.68. The van der Waals surface area contributed by atoms with Crippen molar-refractivity contribution < 1.29 is 29.0 Å². The van der Waals surface area contributed by atoms with Gasteiger partial charge >= 0.3 is 0 Å². The number of nitrogens with zero attached hydrogens (tertiary/aromatic N) is 5. The molecule has 30 heavy (non-hydrogen) atoms. The van der Waals surface area contributed by atoms with Gasteiger partial charge in [-0.15, -0.1) is 10.2 Å². The zero-order chi connectivity index (χ0) is 22.4. The van der Waals surface area contributed by atoms with Crippen molar-refractivity contribution in [2.75, 3.05) is 27.4 Å². The molecule has 0 saturated heterocycles. The van der Waals surface area contributed by atoms with Crippen LogP contribution >= 0.6 is 0 Å². The van der Waals surface area contributed by atoms with Gasteiger partial charge in [-0.1, -0.05) is 5.16 Å². The molecule has 0 saturated carbocycles. The predicted octanol–water partition coefficient (Wildman–Crippen LogP) is 0.562. The number of aromatic hydroxyl groups is 1. The van der Waals surface area contributed by atoms with E-state index in [9.17, 15) is 19.8 Å². The quantitative estimate of drug-likeness (QED) is 0.485. The van der Waals surface area contributed by atoms with Crippen molar-refractivity contribution in [3.05, 3.63) is 32.8 Å². The number of ether oxygens (including phenoxy) is 2. The standard InChI is InChI=1S/C17H20N6O7/c1-8-10(6-18)15(22-30-8)21-20-13-9(4-5-28-2)12(14(19)25)16(26)23(17(13)27)11(24)7-29-3/h11,24,26H,4-5,7H2,1-3H3,(H2,19,25). The third-order valence-corrected chi connectivity index (χ3v) is 4.08. The molecule has 0 aromatic carbocycles. The van der Waals surface area contributed by atoms with Crippen molar-refractivity contribution in [3.63, 3.8) is 0 Å². The Morgan fingerprint density at radius 2 is 2.10 bits per heavy atom. The van der Waals surface area contributed by atoms with Crippen molar-refractivity contribution in [1.82, 2.24) is 9.72 Å². The Morgan fingerprint density at radius 1 is 1.40 bits per heavy atom. The molecule has 160 valence electrons. The highest BCUT2D eigenvalue weighted by molar-refractivity contribution is 5.97. The van der Waals surface area contributed by atoms with E-state index in [0.29, 0.717) is 4.57 Å². The number of carbonyl (C=O) groups excluding carboxylic acids is 1. The lowest BCUT2D eigenvalue weighted by Gasteiger charge is -2.19. The smallest absolute Gasteiger partial charge is 0.283 e. The SMILES string of the molecule is COCCc1c(C(N)=O)c(O)n(C(O)COC)c(=O)c1N=Nc1noc(C)c1C#N. The molecule has 0 bridgehead atoms. The zero-order valence-electron chi connectivity index (χ0n) is 16.4. The number of hydrogen-bond acceptors (Lipinski definition) is 11. The summed E-state index contributed by atoms with van der Waals surface area (Å²) in [6.07, 6.45) is -1.68. The minimum atomic E-state index is -1.64. The summed E-state index contributed by atoms with van der Waals surface area (Å²) in [7, 11) is 2.66. The zero-order valence-corrected chi connectivity index (χ0v) is 16.4. The maximum Gasteiger partial charge on any atom is 0.283 e. The maximum absolute atomic E-state index is 13.0. The van der Waals surface area contributed by atoms with E-state index in [0.717, 1.165) is 0 Å². The highest BCUT2D eigenvalue weighted by Crippen LogP contribution is 2.30. The Morgan fingerprint density at radius 3 is 2.67 bits per heavy atom. The molecule has 0 radical (unpaired) electrons. The summed E-state index contributed by atoms with van der Waals surface area (Å²) in [5.74, 6) is -1.91. The summed E-state index contributed by atoms with van der Waals surface area (Å²) in [4.78, 5) is 25.0. The van der Waals surface area contributed by atoms with Gasteiger partial charge in [0.25, 0.3) is 11.5 Å². The summed E-state index contributed by atoms with van der Waals surface area (Å²) in [6, 6.07) is 1.84. The molecule has 2 heterocycles. The Bertz CT molecular complexity index is 1070. The van der Waals surface area contributed by atoms with Gasteiger partial charge in [0.05, 0.1) is 13.2 Å². The molecule has 2 rings (SSSR count). The van der Waals surface area contributed by atoms with Crippen LogP contribution in [0.2, 0.25) is 0 Å². The first-order valence-electron chi connectivity index (χ1n) is 8.52. The number of aliphatic hydroxyl groups is 1. The van der Waals surface area contributed by atoms with E-state index in [-0.39, 0.29) is 42.3 Å². The van der Waals surface area contributed by atoms with Crippen LogP contribution in [-0.4, -0.2) is 53.3 Å². The number of azo groups is 1. The molecule has 0 aliphatic heterocycles.